The van der Waals surface area contributed by atoms with Crippen LogP contribution in [0.5, 0.6) is 0 Å². The number of nitrogens with zero attached hydrogens (tertiary/aromatic N) is 2. The first-order chi connectivity index (χ1) is 16.4. The van der Waals surface area contributed by atoms with Crippen LogP contribution in [-0.4, -0.2) is 70.0 Å². The number of ether oxygens (including phenoxy) is 1. The lowest BCUT2D eigenvalue weighted by atomic mass is 10.0. The third-order valence-corrected chi connectivity index (χ3v) is 6.78. The van der Waals surface area contributed by atoms with E-state index in [-0.39, 0.29) is 12.5 Å². The molecular formula is C26H56N2O5P+. The Labute approximate surface area is 211 Å². The quantitative estimate of drug-likeness (QED) is 0.0550. The molecule has 0 spiro atoms. The molecule has 0 aromatic carbocycles. The van der Waals surface area contributed by atoms with E-state index < -0.39 is 8.60 Å². The largest absolute Gasteiger partial charge is 0.381 e. The summed E-state index contributed by atoms with van der Waals surface area (Å²) in [4.78, 5) is 20.4. The van der Waals surface area contributed by atoms with Crippen molar-refractivity contribution in [1.82, 2.24) is 0 Å². The Balaban J connectivity index is 3.61. The fraction of sp³-hybridized carbons (Fsp3) is 1.00. The molecule has 7 nitrogen and oxygen atoms in total. The monoisotopic (exact) mass is 507 g/mol. The van der Waals surface area contributed by atoms with Crippen LogP contribution in [0.15, 0.2) is 5.18 Å². The maximum atomic E-state index is 10.5. The van der Waals surface area contributed by atoms with Crippen LogP contribution in [0.4, 0.5) is 0 Å². The average molecular weight is 508 g/mol. The summed E-state index contributed by atoms with van der Waals surface area (Å²) in [7, 11) is 4.32. The van der Waals surface area contributed by atoms with Gasteiger partial charge in [0.2, 0.25) is 0 Å². The van der Waals surface area contributed by atoms with Crippen molar-refractivity contribution in [3.05, 3.63) is 4.91 Å². The number of likely N-dealkylation sites (N-methyl/N-ethyl adjacent to an activating group) is 1. The van der Waals surface area contributed by atoms with Gasteiger partial charge < -0.3 is 23.2 Å². The van der Waals surface area contributed by atoms with Gasteiger partial charge in [0.05, 0.1) is 40.9 Å². The molecule has 0 aromatic heterocycles. The third-order valence-electron chi connectivity index (χ3n) is 6.01. The zero-order valence-electron chi connectivity index (χ0n) is 22.8. The Hall–Kier alpha value is -0.170. The van der Waals surface area contributed by atoms with E-state index in [4.69, 9.17) is 13.8 Å². The molecule has 0 rings (SSSR count). The van der Waals surface area contributed by atoms with Crippen molar-refractivity contribution < 1.29 is 23.2 Å². The molecule has 8 heteroatoms. The summed E-state index contributed by atoms with van der Waals surface area (Å²) >= 11 is 0. The molecule has 0 saturated heterocycles. The molecule has 34 heavy (non-hydrogen) atoms. The Kier molecular flexibility index (Phi) is 24.4. The van der Waals surface area contributed by atoms with Crippen LogP contribution in [0.25, 0.3) is 0 Å². The van der Waals surface area contributed by atoms with Gasteiger partial charge in [-0.3, -0.25) is 0 Å². The number of quaternary nitrogens is 1. The van der Waals surface area contributed by atoms with E-state index in [2.05, 4.69) is 33.2 Å². The predicted octanol–water partition coefficient (Wildman–Crippen LogP) is 7.22. The minimum Gasteiger partial charge on any atom is -0.381 e. The highest BCUT2D eigenvalue weighted by Gasteiger charge is 2.16. The van der Waals surface area contributed by atoms with Gasteiger partial charge in [0, 0.05) is 12.5 Å². The number of hydrogen-bond donors (Lipinski definition) is 1. The van der Waals surface area contributed by atoms with Gasteiger partial charge in [-0.05, 0) is 12.8 Å². The van der Waals surface area contributed by atoms with Gasteiger partial charge in [-0.25, -0.2) is 0 Å². The second-order valence-corrected chi connectivity index (χ2v) is 11.6. The van der Waals surface area contributed by atoms with E-state index in [9.17, 15) is 9.80 Å². The molecule has 2 unspecified atom stereocenters. The number of rotatable bonds is 27. The van der Waals surface area contributed by atoms with E-state index in [0.717, 1.165) is 24.1 Å². The van der Waals surface area contributed by atoms with Crippen molar-refractivity contribution in [3.8, 4) is 0 Å². The average Bonchev–Trinajstić information content (AvgIpc) is 2.79. The molecule has 0 heterocycles. The first-order valence-electron chi connectivity index (χ1n) is 13.8. The second kappa shape index (κ2) is 24.5. The van der Waals surface area contributed by atoms with Crippen molar-refractivity contribution in [3.63, 3.8) is 0 Å². The summed E-state index contributed by atoms with van der Waals surface area (Å²) in [5.41, 5.74) is 0. The first kappa shape index (κ1) is 33.8. The lowest BCUT2D eigenvalue weighted by Crippen LogP contribution is -2.37. The van der Waals surface area contributed by atoms with E-state index in [1.807, 2.05) is 0 Å². The molecular weight excluding hydrogens is 451 g/mol. The maximum Gasteiger partial charge on any atom is 0.330 e. The summed E-state index contributed by atoms with van der Waals surface area (Å²) in [5, 5.41) is 2.95. The van der Waals surface area contributed by atoms with Gasteiger partial charge in [-0.2, -0.15) is 4.91 Å². The van der Waals surface area contributed by atoms with Crippen molar-refractivity contribution in [2.24, 2.45) is 11.1 Å². The van der Waals surface area contributed by atoms with Crippen LogP contribution >= 0.6 is 8.60 Å². The molecule has 0 radical (unpaired) electrons. The van der Waals surface area contributed by atoms with Gasteiger partial charge in [-0.1, -0.05) is 95.6 Å². The fourth-order valence-electron chi connectivity index (χ4n) is 3.70. The van der Waals surface area contributed by atoms with Crippen molar-refractivity contribution in [2.75, 3.05) is 60.7 Å². The molecule has 0 amide bonds. The first-order valence-corrected chi connectivity index (χ1v) is 14.9. The van der Waals surface area contributed by atoms with Gasteiger partial charge in [0.15, 0.2) is 0 Å². The summed E-state index contributed by atoms with van der Waals surface area (Å²) in [6.45, 7) is 5.33. The minimum absolute atomic E-state index is 0.0449. The Morgan fingerprint density at radius 2 is 1.29 bits per heavy atom. The van der Waals surface area contributed by atoms with Crippen molar-refractivity contribution in [2.45, 2.75) is 103 Å². The van der Waals surface area contributed by atoms with Crippen molar-refractivity contribution in [1.29, 1.82) is 0 Å². The zero-order valence-corrected chi connectivity index (χ0v) is 23.7. The molecule has 0 fully saturated rings. The number of hydrogen-bond acceptors (Lipinski definition) is 6. The molecule has 0 aliphatic rings. The van der Waals surface area contributed by atoms with Crippen molar-refractivity contribution >= 4 is 8.60 Å². The molecule has 0 bridgehead atoms. The molecule has 0 aliphatic carbocycles. The molecule has 0 aromatic rings. The lowest BCUT2D eigenvalue weighted by molar-refractivity contribution is -0.870. The Morgan fingerprint density at radius 1 is 0.765 bits per heavy atom. The topological polar surface area (TPSA) is 77.4 Å². The van der Waals surface area contributed by atoms with Crippen LogP contribution in [0.2, 0.25) is 0 Å². The Morgan fingerprint density at radius 3 is 1.79 bits per heavy atom. The summed E-state index contributed by atoms with van der Waals surface area (Å²) < 4.78 is 17.4. The summed E-state index contributed by atoms with van der Waals surface area (Å²) in [6.07, 6.45) is 19.4. The van der Waals surface area contributed by atoms with E-state index in [0.29, 0.717) is 26.2 Å². The molecule has 204 valence electrons. The second-order valence-electron chi connectivity index (χ2n) is 10.6. The van der Waals surface area contributed by atoms with E-state index in [1.54, 1.807) is 0 Å². The van der Waals surface area contributed by atoms with Crippen LogP contribution < -0.4 is 0 Å². The van der Waals surface area contributed by atoms with Crippen LogP contribution in [0.1, 0.15) is 103 Å². The Bertz CT molecular complexity index is 438. The molecule has 1 N–H and O–H groups in total. The fourth-order valence-corrected chi connectivity index (χ4v) is 4.35. The number of nitroso groups, excluding NO2 is 1. The van der Waals surface area contributed by atoms with E-state index >= 15 is 0 Å². The smallest absolute Gasteiger partial charge is 0.330 e. The number of unbranched alkanes of at least 4 members (excludes halogenated alkanes) is 13. The zero-order chi connectivity index (χ0) is 25.3. The summed E-state index contributed by atoms with van der Waals surface area (Å²) in [6, 6.07) is 0. The van der Waals surface area contributed by atoms with Gasteiger partial charge >= 0.3 is 8.60 Å². The lowest BCUT2D eigenvalue weighted by Gasteiger charge is -2.24. The highest BCUT2D eigenvalue weighted by Crippen LogP contribution is 2.33. The minimum atomic E-state index is -1.89. The standard InChI is InChI=1S/C26H56N2O5P/c1-5-6-7-8-9-10-11-12-13-14-15-16-17-18-22-31-24-26(19-20-27-29)25-33-34(30)32-23-21-28(2,3)4/h26,30H,5-25H2,1-4H3/q+1. The highest BCUT2D eigenvalue weighted by atomic mass is 31.2. The third kappa shape index (κ3) is 26.4. The van der Waals surface area contributed by atoms with E-state index in [1.165, 1.54) is 83.5 Å². The van der Waals surface area contributed by atoms with Gasteiger partial charge in [0.25, 0.3) is 0 Å². The van der Waals surface area contributed by atoms with Crippen LogP contribution in [0, 0.1) is 10.8 Å². The normalized spacial score (nSPS) is 13.8. The predicted molar refractivity (Wildman–Crippen MR) is 144 cm³/mol. The highest BCUT2D eigenvalue weighted by molar-refractivity contribution is 7.40. The SMILES string of the molecule is CCCCCCCCCCCCCCCCOCC(CCN=O)COP(O)OCC[N+](C)(C)C. The van der Waals surface area contributed by atoms with Gasteiger partial charge in [-0.15, -0.1) is 0 Å². The van der Waals surface area contributed by atoms with Crippen LogP contribution in [-0.2, 0) is 13.8 Å². The van der Waals surface area contributed by atoms with Crippen LogP contribution in [0.3, 0.4) is 0 Å². The molecule has 0 saturated carbocycles. The molecule has 0 aliphatic heterocycles. The van der Waals surface area contributed by atoms with Gasteiger partial charge in [0.1, 0.15) is 13.2 Å². The summed E-state index contributed by atoms with van der Waals surface area (Å²) in [5.74, 6) is 0.0449. The maximum absolute atomic E-state index is 10.5. The molecule has 2 atom stereocenters.